The molecular weight excluding hydrogens is 363 g/mol. The fourth-order valence-electron chi connectivity index (χ4n) is 2.63. The van der Waals surface area contributed by atoms with Crippen LogP contribution >= 0.6 is 39.3 Å². The lowest BCUT2D eigenvalue weighted by Crippen LogP contribution is -2.18. The Balaban J connectivity index is 2.00. The molecule has 3 rings (SSSR count). The highest BCUT2D eigenvalue weighted by Crippen LogP contribution is 2.30. The highest BCUT2D eigenvalue weighted by molar-refractivity contribution is 9.10. The molecule has 1 atom stereocenters. The molecule has 0 spiro atoms. The summed E-state index contributed by atoms with van der Waals surface area (Å²) in [4.78, 5) is 4.52. The zero-order valence-electron chi connectivity index (χ0n) is 10.9. The Bertz CT molecular complexity index is 625. The Hall–Kier alpha value is -0.260. The molecule has 0 N–H and O–H groups in total. The van der Waals surface area contributed by atoms with Crippen molar-refractivity contribution in [2.75, 3.05) is 5.75 Å². The summed E-state index contributed by atoms with van der Waals surface area (Å²) in [6, 6.07) is 3.28. The SMILES string of the molecule is Fc1cc2c(cc1Br)nc(CCl)n2CC1CCCCS1. The molecule has 1 aromatic carbocycles. The number of imidazole rings is 1. The molecule has 0 aliphatic carbocycles. The summed E-state index contributed by atoms with van der Waals surface area (Å²) in [5.41, 5.74) is 1.64. The molecular formula is C14H15BrClFN2S. The second-order valence-corrected chi connectivity index (χ2v) is 7.55. The first-order chi connectivity index (χ1) is 9.69. The first-order valence-corrected chi connectivity index (χ1v) is 9.08. The van der Waals surface area contributed by atoms with Gasteiger partial charge >= 0.3 is 0 Å². The van der Waals surface area contributed by atoms with Crippen LogP contribution < -0.4 is 0 Å². The average Bonchev–Trinajstić information content (AvgIpc) is 2.78. The van der Waals surface area contributed by atoms with Crippen LogP contribution in [0.4, 0.5) is 4.39 Å². The Morgan fingerprint density at radius 2 is 2.30 bits per heavy atom. The lowest BCUT2D eigenvalue weighted by molar-refractivity contribution is 0.579. The summed E-state index contributed by atoms with van der Waals surface area (Å²) >= 11 is 11.2. The van der Waals surface area contributed by atoms with E-state index in [2.05, 4.69) is 25.5 Å². The second-order valence-electron chi connectivity index (χ2n) is 5.02. The van der Waals surface area contributed by atoms with E-state index in [0.29, 0.717) is 15.6 Å². The minimum atomic E-state index is -0.254. The van der Waals surface area contributed by atoms with Crippen molar-refractivity contribution in [1.29, 1.82) is 0 Å². The van der Waals surface area contributed by atoms with E-state index in [9.17, 15) is 4.39 Å². The van der Waals surface area contributed by atoms with Crippen LogP contribution in [0, 0.1) is 5.82 Å². The van der Waals surface area contributed by atoms with E-state index in [0.717, 1.165) is 23.4 Å². The number of alkyl halides is 1. The summed E-state index contributed by atoms with van der Waals surface area (Å²) in [5, 5.41) is 0.579. The molecule has 1 aromatic heterocycles. The number of benzene rings is 1. The fourth-order valence-corrected chi connectivity index (χ4v) is 4.46. The molecule has 0 radical (unpaired) electrons. The van der Waals surface area contributed by atoms with Gasteiger partial charge in [0, 0.05) is 17.9 Å². The predicted molar refractivity (Wildman–Crippen MR) is 87.0 cm³/mol. The van der Waals surface area contributed by atoms with Gasteiger partial charge in [-0.3, -0.25) is 0 Å². The summed E-state index contributed by atoms with van der Waals surface area (Å²) in [7, 11) is 0. The number of halogens is 3. The van der Waals surface area contributed by atoms with Gasteiger partial charge in [-0.2, -0.15) is 11.8 Å². The molecule has 2 aromatic rings. The predicted octanol–water partition coefficient (Wildman–Crippen LogP) is 4.96. The van der Waals surface area contributed by atoms with Gasteiger partial charge in [-0.15, -0.1) is 11.6 Å². The molecule has 1 fully saturated rings. The number of thioether (sulfide) groups is 1. The van der Waals surface area contributed by atoms with Crippen molar-refractivity contribution in [3.8, 4) is 0 Å². The molecule has 0 bridgehead atoms. The standard InChI is InChI=1S/C14H15BrClFN2S/c15-10-5-12-13(6-11(10)17)19(14(7-16)18-12)8-9-3-1-2-4-20-9/h5-6,9H,1-4,7-8H2. The van der Waals surface area contributed by atoms with Gasteiger partial charge in [0.2, 0.25) is 0 Å². The Kier molecular flexibility index (Phi) is 4.58. The fraction of sp³-hybridized carbons (Fsp3) is 0.500. The van der Waals surface area contributed by atoms with Crippen LogP contribution in [-0.2, 0) is 12.4 Å². The number of rotatable bonds is 3. The number of fused-ring (bicyclic) bond motifs is 1. The minimum Gasteiger partial charge on any atom is -0.326 e. The number of nitrogens with zero attached hydrogens (tertiary/aromatic N) is 2. The van der Waals surface area contributed by atoms with Crippen LogP contribution in [-0.4, -0.2) is 20.6 Å². The van der Waals surface area contributed by atoms with Crippen LogP contribution in [0.25, 0.3) is 11.0 Å². The number of hydrogen-bond acceptors (Lipinski definition) is 2. The zero-order valence-corrected chi connectivity index (χ0v) is 14.1. The van der Waals surface area contributed by atoms with Crippen molar-refractivity contribution in [2.24, 2.45) is 0 Å². The van der Waals surface area contributed by atoms with Gasteiger partial charge in [0.25, 0.3) is 0 Å². The van der Waals surface area contributed by atoms with Gasteiger partial charge in [0.15, 0.2) is 0 Å². The Morgan fingerprint density at radius 3 is 3.00 bits per heavy atom. The maximum Gasteiger partial charge on any atom is 0.139 e. The van der Waals surface area contributed by atoms with E-state index >= 15 is 0 Å². The third kappa shape index (κ3) is 2.85. The second kappa shape index (κ2) is 6.24. The topological polar surface area (TPSA) is 17.8 Å². The van der Waals surface area contributed by atoms with E-state index in [4.69, 9.17) is 11.6 Å². The van der Waals surface area contributed by atoms with Crippen LogP contribution in [0.1, 0.15) is 25.1 Å². The highest BCUT2D eigenvalue weighted by atomic mass is 79.9. The molecule has 2 heterocycles. The highest BCUT2D eigenvalue weighted by Gasteiger charge is 2.19. The van der Waals surface area contributed by atoms with E-state index in [1.54, 1.807) is 12.1 Å². The quantitative estimate of drug-likeness (QED) is 0.703. The van der Waals surface area contributed by atoms with Crippen LogP contribution in [0.15, 0.2) is 16.6 Å². The van der Waals surface area contributed by atoms with E-state index in [1.807, 2.05) is 11.8 Å². The van der Waals surface area contributed by atoms with Gasteiger partial charge in [-0.05, 0) is 40.6 Å². The summed E-state index contributed by atoms with van der Waals surface area (Å²) in [5.74, 6) is 2.14. The molecule has 1 saturated heterocycles. The third-order valence-electron chi connectivity index (χ3n) is 3.65. The van der Waals surface area contributed by atoms with Crippen LogP contribution in [0.2, 0.25) is 0 Å². The van der Waals surface area contributed by atoms with Crippen molar-refractivity contribution in [1.82, 2.24) is 9.55 Å². The van der Waals surface area contributed by atoms with Gasteiger partial charge in [0.1, 0.15) is 11.6 Å². The maximum atomic E-state index is 13.8. The van der Waals surface area contributed by atoms with Crippen molar-refractivity contribution < 1.29 is 4.39 Å². The molecule has 1 aliphatic heterocycles. The van der Waals surface area contributed by atoms with Crippen molar-refractivity contribution in [3.63, 3.8) is 0 Å². The minimum absolute atomic E-state index is 0.254. The molecule has 1 aliphatic rings. The Labute approximate surface area is 135 Å². The maximum absolute atomic E-state index is 13.8. The molecule has 0 saturated carbocycles. The van der Waals surface area contributed by atoms with Crippen LogP contribution in [0.3, 0.4) is 0 Å². The van der Waals surface area contributed by atoms with E-state index in [1.165, 1.54) is 25.0 Å². The van der Waals surface area contributed by atoms with Gasteiger partial charge in [-0.25, -0.2) is 9.37 Å². The van der Waals surface area contributed by atoms with E-state index in [-0.39, 0.29) is 5.82 Å². The lowest BCUT2D eigenvalue weighted by Gasteiger charge is -2.22. The first kappa shape index (κ1) is 14.7. The third-order valence-corrected chi connectivity index (χ3v) is 5.88. The van der Waals surface area contributed by atoms with Crippen LogP contribution in [0.5, 0.6) is 0 Å². The van der Waals surface area contributed by atoms with Gasteiger partial charge in [0.05, 0.1) is 21.4 Å². The molecule has 1 unspecified atom stereocenters. The molecule has 2 nitrogen and oxygen atoms in total. The number of aromatic nitrogens is 2. The summed E-state index contributed by atoms with van der Waals surface area (Å²) in [6.07, 6.45) is 3.79. The molecule has 0 amide bonds. The van der Waals surface area contributed by atoms with Crippen molar-refractivity contribution in [2.45, 2.75) is 36.9 Å². The van der Waals surface area contributed by atoms with Gasteiger partial charge < -0.3 is 4.57 Å². The summed E-state index contributed by atoms with van der Waals surface area (Å²) in [6.45, 7) is 0.865. The van der Waals surface area contributed by atoms with Crippen molar-refractivity contribution in [3.05, 3.63) is 28.2 Å². The van der Waals surface area contributed by atoms with Crippen molar-refractivity contribution >= 4 is 50.3 Å². The normalized spacial score (nSPS) is 19.6. The molecule has 108 valence electrons. The average molecular weight is 378 g/mol. The van der Waals surface area contributed by atoms with E-state index < -0.39 is 0 Å². The van der Waals surface area contributed by atoms with Gasteiger partial charge in [-0.1, -0.05) is 6.42 Å². The number of hydrogen-bond donors (Lipinski definition) is 0. The Morgan fingerprint density at radius 1 is 1.45 bits per heavy atom. The lowest BCUT2D eigenvalue weighted by atomic mass is 10.2. The largest absolute Gasteiger partial charge is 0.326 e. The first-order valence-electron chi connectivity index (χ1n) is 6.71. The molecule has 6 heteroatoms. The summed E-state index contributed by atoms with van der Waals surface area (Å²) < 4.78 is 16.3. The smallest absolute Gasteiger partial charge is 0.139 e. The zero-order chi connectivity index (χ0) is 14.1. The molecule has 20 heavy (non-hydrogen) atoms. The monoisotopic (exact) mass is 376 g/mol.